The van der Waals surface area contributed by atoms with Gasteiger partial charge >= 0.3 is 5.97 Å². The van der Waals surface area contributed by atoms with E-state index in [0.29, 0.717) is 6.54 Å². The van der Waals surface area contributed by atoms with Gasteiger partial charge in [0.1, 0.15) is 5.54 Å². The highest BCUT2D eigenvalue weighted by atomic mass is 16.4. The lowest BCUT2D eigenvalue weighted by Crippen LogP contribution is -2.51. The third-order valence-electron chi connectivity index (χ3n) is 2.90. The van der Waals surface area contributed by atoms with E-state index in [2.05, 4.69) is 5.32 Å². The number of carbonyl (C=O) groups excluding carboxylic acids is 1. The van der Waals surface area contributed by atoms with Crippen molar-refractivity contribution in [3.63, 3.8) is 0 Å². The van der Waals surface area contributed by atoms with Crippen molar-refractivity contribution in [3.05, 3.63) is 30.3 Å². The fourth-order valence-corrected chi connectivity index (χ4v) is 1.58. The molecule has 0 heterocycles. The molecule has 104 valence electrons. The molecule has 0 radical (unpaired) electrons. The van der Waals surface area contributed by atoms with Crippen LogP contribution in [0.15, 0.2) is 30.3 Å². The summed E-state index contributed by atoms with van der Waals surface area (Å²) in [6.45, 7) is 5.47. The second-order valence-corrected chi connectivity index (χ2v) is 4.76. The molecule has 0 aliphatic heterocycles. The summed E-state index contributed by atoms with van der Waals surface area (Å²) in [6.07, 6.45) is 0. The van der Waals surface area contributed by atoms with Crippen LogP contribution in [0.1, 0.15) is 20.8 Å². The third-order valence-corrected chi connectivity index (χ3v) is 2.90. The van der Waals surface area contributed by atoms with Crippen molar-refractivity contribution in [2.45, 2.75) is 26.3 Å². The molecule has 0 fully saturated rings. The molecule has 1 aromatic carbocycles. The number of likely N-dealkylation sites (N-methyl/N-ethyl adjacent to an activating group) is 1. The van der Waals surface area contributed by atoms with E-state index in [1.807, 2.05) is 37.3 Å². The summed E-state index contributed by atoms with van der Waals surface area (Å²) in [5.41, 5.74) is -0.309. The molecule has 1 rings (SSSR count). The zero-order chi connectivity index (χ0) is 14.5. The fourth-order valence-electron chi connectivity index (χ4n) is 1.58. The molecule has 1 aromatic rings. The Morgan fingerprint density at radius 3 is 2.32 bits per heavy atom. The van der Waals surface area contributed by atoms with Gasteiger partial charge in [-0.3, -0.25) is 14.9 Å². The average Bonchev–Trinajstić information content (AvgIpc) is 2.38. The van der Waals surface area contributed by atoms with Crippen LogP contribution in [-0.2, 0) is 9.59 Å². The molecule has 5 nitrogen and oxygen atoms in total. The summed E-state index contributed by atoms with van der Waals surface area (Å²) in [5.74, 6) is -1.13. The normalized spacial score (nSPS) is 11.1. The van der Waals surface area contributed by atoms with Crippen molar-refractivity contribution in [1.29, 1.82) is 0 Å². The molecule has 0 saturated carbocycles. The quantitative estimate of drug-likeness (QED) is 0.816. The first-order valence-corrected chi connectivity index (χ1v) is 6.22. The lowest BCUT2D eigenvalue weighted by Gasteiger charge is -2.25. The SMILES string of the molecule is CCN(C(=O)CNC(C)(C)C(=O)O)c1ccccc1. The zero-order valence-electron chi connectivity index (χ0n) is 11.5. The van der Waals surface area contributed by atoms with E-state index in [-0.39, 0.29) is 12.5 Å². The summed E-state index contributed by atoms with van der Waals surface area (Å²) in [4.78, 5) is 24.7. The Hall–Kier alpha value is -1.88. The summed E-state index contributed by atoms with van der Waals surface area (Å²) >= 11 is 0. The number of nitrogens with one attached hydrogen (secondary N) is 1. The zero-order valence-corrected chi connectivity index (χ0v) is 11.5. The van der Waals surface area contributed by atoms with Crippen LogP contribution in [0.25, 0.3) is 0 Å². The van der Waals surface area contributed by atoms with Crippen LogP contribution >= 0.6 is 0 Å². The van der Waals surface area contributed by atoms with Crippen molar-refractivity contribution in [3.8, 4) is 0 Å². The number of rotatable bonds is 6. The number of anilines is 1. The Kier molecular flexibility index (Phi) is 5.06. The molecule has 0 aliphatic rings. The Morgan fingerprint density at radius 2 is 1.84 bits per heavy atom. The van der Waals surface area contributed by atoms with Gasteiger partial charge < -0.3 is 10.0 Å². The average molecular weight is 264 g/mol. The van der Waals surface area contributed by atoms with Gasteiger partial charge in [-0.15, -0.1) is 0 Å². The smallest absolute Gasteiger partial charge is 0.323 e. The van der Waals surface area contributed by atoms with Crippen molar-refractivity contribution >= 4 is 17.6 Å². The fraction of sp³-hybridized carbons (Fsp3) is 0.429. The van der Waals surface area contributed by atoms with Gasteiger partial charge in [0, 0.05) is 12.2 Å². The molecule has 5 heteroatoms. The first-order valence-electron chi connectivity index (χ1n) is 6.22. The maximum absolute atomic E-state index is 12.1. The minimum Gasteiger partial charge on any atom is -0.480 e. The maximum atomic E-state index is 12.1. The number of hydrogen-bond acceptors (Lipinski definition) is 3. The standard InChI is InChI=1S/C14H20N2O3/c1-4-16(11-8-6-5-7-9-11)12(17)10-15-14(2,3)13(18)19/h5-9,15H,4,10H2,1-3H3,(H,18,19). The molecule has 0 bridgehead atoms. The molecule has 0 aliphatic carbocycles. The van der Waals surface area contributed by atoms with Crippen LogP contribution in [0.3, 0.4) is 0 Å². The van der Waals surface area contributed by atoms with Gasteiger partial charge in [-0.1, -0.05) is 18.2 Å². The summed E-state index contributed by atoms with van der Waals surface area (Å²) in [6, 6.07) is 9.31. The number of carboxylic acids is 1. The topological polar surface area (TPSA) is 69.6 Å². The highest BCUT2D eigenvalue weighted by molar-refractivity contribution is 5.95. The van der Waals surface area contributed by atoms with E-state index >= 15 is 0 Å². The Labute approximate surface area is 113 Å². The van der Waals surface area contributed by atoms with Gasteiger partial charge in [0.25, 0.3) is 0 Å². The van der Waals surface area contributed by atoms with Crippen LogP contribution in [0.4, 0.5) is 5.69 Å². The molecule has 0 aromatic heterocycles. The number of para-hydroxylation sites is 1. The van der Waals surface area contributed by atoms with Gasteiger partial charge in [-0.2, -0.15) is 0 Å². The van der Waals surface area contributed by atoms with E-state index in [1.165, 1.54) is 13.8 Å². The minimum absolute atomic E-state index is 0.0119. The highest BCUT2D eigenvalue weighted by Crippen LogP contribution is 2.13. The molecule has 0 saturated heterocycles. The molecule has 0 spiro atoms. The maximum Gasteiger partial charge on any atom is 0.323 e. The monoisotopic (exact) mass is 264 g/mol. The van der Waals surface area contributed by atoms with Gasteiger partial charge in [0.05, 0.1) is 6.54 Å². The van der Waals surface area contributed by atoms with Crippen molar-refractivity contribution < 1.29 is 14.7 Å². The third kappa shape index (κ3) is 4.06. The van der Waals surface area contributed by atoms with E-state index < -0.39 is 11.5 Å². The molecule has 0 atom stereocenters. The van der Waals surface area contributed by atoms with E-state index in [9.17, 15) is 9.59 Å². The highest BCUT2D eigenvalue weighted by Gasteiger charge is 2.27. The molecular formula is C14H20N2O3. The largest absolute Gasteiger partial charge is 0.480 e. The molecule has 19 heavy (non-hydrogen) atoms. The number of amides is 1. The molecule has 1 amide bonds. The van der Waals surface area contributed by atoms with E-state index in [4.69, 9.17) is 5.11 Å². The predicted molar refractivity (Wildman–Crippen MR) is 74.2 cm³/mol. The Balaban J connectivity index is 2.69. The van der Waals surface area contributed by atoms with Crippen molar-refractivity contribution in [2.75, 3.05) is 18.0 Å². The predicted octanol–water partition coefficient (Wildman–Crippen LogP) is 1.49. The van der Waals surface area contributed by atoms with Gasteiger partial charge in [-0.05, 0) is 32.9 Å². The molecule has 0 unspecified atom stereocenters. The van der Waals surface area contributed by atoms with E-state index in [1.54, 1.807) is 4.90 Å². The number of hydrogen-bond donors (Lipinski definition) is 2. The van der Waals surface area contributed by atoms with Crippen LogP contribution in [0.2, 0.25) is 0 Å². The van der Waals surface area contributed by atoms with Crippen LogP contribution in [0.5, 0.6) is 0 Å². The van der Waals surface area contributed by atoms with Crippen LogP contribution in [0, 0.1) is 0 Å². The molecule has 2 N–H and O–H groups in total. The van der Waals surface area contributed by atoms with Crippen molar-refractivity contribution in [2.24, 2.45) is 0 Å². The van der Waals surface area contributed by atoms with E-state index in [0.717, 1.165) is 5.69 Å². The van der Waals surface area contributed by atoms with Crippen LogP contribution in [-0.4, -0.2) is 35.6 Å². The lowest BCUT2D eigenvalue weighted by atomic mass is 10.1. The summed E-state index contributed by atoms with van der Waals surface area (Å²) in [5, 5.41) is 11.7. The number of carboxylic acid groups (broad SMARTS) is 1. The number of aliphatic carboxylic acids is 1. The summed E-state index contributed by atoms with van der Waals surface area (Å²) in [7, 11) is 0. The second kappa shape index (κ2) is 6.33. The second-order valence-electron chi connectivity index (χ2n) is 4.76. The number of benzene rings is 1. The van der Waals surface area contributed by atoms with Gasteiger partial charge in [0.2, 0.25) is 5.91 Å². The number of carbonyl (C=O) groups is 2. The van der Waals surface area contributed by atoms with Crippen molar-refractivity contribution in [1.82, 2.24) is 5.32 Å². The van der Waals surface area contributed by atoms with Gasteiger partial charge in [0.15, 0.2) is 0 Å². The first kappa shape index (κ1) is 15.2. The Morgan fingerprint density at radius 1 is 1.26 bits per heavy atom. The number of nitrogens with zero attached hydrogens (tertiary/aromatic N) is 1. The lowest BCUT2D eigenvalue weighted by molar-refractivity contribution is -0.143. The Bertz CT molecular complexity index is 443. The summed E-state index contributed by atoms with van der Waals surface area (Å²) < 4.78 is 0. The van der Waals surface area contributed by atoms with Crippen LogP contribution < -0.4 is 10.2 Å². The first-order chi connectivity index (χ1) is 8.88. The minimum atomic E-state index is -1.12. The van der Waals surface area contributed by atoms with Gasteiger partial charge in [-0.25, -0.2) is 0 Å². The molecular weight excluding hydrogens is 244 g/mol.